The van der Waals surface area contributed by atoms with Crippen LogP contribution in [0.3, 0.4) is 0 Å². The zero-order chi connectivity index (χ0) is 46.0. The molecule has 0 aromatic carbocycles. The third-order valence-electron chi connectivity index (χ3n) is 9.27. The number of hydrogen-bond donors (Lipinski definition) is 3. The highest BCUT2D eigenvalue weighted by atomic mass is 31.2. The third kappa shape index (κ3) is 43.5. The van der Waals surface area contributed by atoms with E-state index in [0.29, 0.717) is 43.1 Å². The van der Waals surface area contributed by atoms with Crippen molar-refractivity contribution in [3.05, 3.63) is 97.2 Å². The van der Waals surface area contributed by atoms with Gasteiger partial charge in [0.15, 0.2) is 6.10 Å². The summed E-state index contributed by atoms with van der Waals surface area (Å²) in [4.78, 5) is 35.4. The van der Waals surface area contributed by atoms with Gasteiger partial charge in [-0.15, -0.1) is 0 Å². The Kier molecular flexibility index (Phi) is 38.5. The number of nitrogens with zero attached hydrogens (tertiary/aromatic N) is 1. The summed E-state index contributed by atoms with van der Waals surface area (Å²) in [6.07, 6.45) is 46.7. The highest BCUT2D eigenvalue weighted by molar-refractivity contribution is 7.47. The van der Waals surface area contributed by atoms with E-state index in [-0.39, 0.29) is 26.1 Å². The average molecular weight is 891 g/mol. The molecule has 354 valence electrons. The summed E-state index contributed by atoms with van der Waals surface area (Å²) in [5.74, 6) is -1.00. The van der Waals surface area contributed by atoms with E-state index in [4.69, 9.17) is 18.5 Å². The fourth-order valence-corrected chi connectivity index (χ4v) is 6.35. The lowest BCUT2D eigenvalue weighted by atomic mass is 10.1. The first-order valence-corrected chi connectivity index (χ1v) is 24.7. The van der Waals surface area contributed by atoms with Crippen LogP contribution in [0.4, 0.5) is 0 Å². The number of quaternary nitrogens is 1. The van der Waals surface area contributed by atoms with Gasteiger partial charge in [-0.05, 0) is 70.6 Å². The molecule has 0 aromatic heterocycles. The molecule has 4 atom stereocenters. The van der Waals surface area contributed by atoms with Gasteiger partial charge in [0.25, 0.3) is 0 Å². The van der Waals surface area contributed by atoms with E-state index in [1.807, 2.05) is 63.7 Å². The zero-order valence-corrected chi connectivity index (χ0v) is 39.9. The maximum Gasteiger partial charge on any atom is 0.472 e. The van der Waals surface area contributed by atoms with Crippen LogP contribution in [0.2, 0.25) is 0 Å². The van der Waals surface area contributed by atoms with Gasteiger partial charge < -0.3 is 29.1 Å². The normalized spacial score (nSPS) is 15.4. The summed E-state index contributed by atoms with van der Waals surface area (Å²) < 4.78 is 34.2. The Morgan fingerprint density at radius 1 is 0.613 bits per heavy atom. The first kappa shape index (κ1) is 58.9. The van der Waals surface area contributed by atoms with Crippen LogP contribution in [0.1, 0.15) is 142 Å². The van der Waals surface area contributed by atoms with Crippen molar-refractivity contribution in [2.24, 2.45) is 0 Å². The number of carbonyl (C=O) groups excluding carboxylic acids is 2. The Labute approximate surface area is 376 Å². The van der Waals surface area contributed by atoms with Crippen molar-refractivity contribution in [3.63, 3.8) is 0 Å². The number of esters is 2. The van der Waals surface area contributed by atoms with E-state index < -0.39 is 44.7 Å². The Bertz CT molecular complexity index is 1410. The van der Waals surface area contributed by atoms with E-state index >= 15 is 0 Å². The molecule has 11 nitrogen and oxygen atoms in total. The number of carbonyl (C=O) groups is 2. The van der Waals surface area contributed by atoms with E-state index in [2.05, 4.69) is 38.2 Å². The third-order valence-corrected chi connectivity index (χ3v) is 10.3. The molecule has 0 aromatic rings. The molecular formula is C50H85NO10P+. The maximum absolute atomic E-state index is 12.7. The van der Waals surface area contributed by atoms with Crippen molar-refractivity contribution in [1.82, 2.24) is 0 Å². The summed E-state index contributed by atoms with van der Waals surface area (Å²) in [5.41, 5.74) is 0. The molecule has 0 aliphatic heterocycles. The van der Waals surface area contributed by atoms with Gasteiger partial charge in [-0.2, -0.15) is 0 Å². The summed E-state index contributed by atoms with van der Waals surface area (Å²) in [6.45, 7) is 3.95. The Balaban J connectivity index is 4.61. The van der Waals surface area contributed by atoms with Crippen molar-refractivity contribution >= 4 is 19.8 Å². The van der Waals surface area contributed by atoms with Gasteiger partial charge in [0.05, 0.1) is 40.0 Å². The van der Waals surface area contributed by atoms with Gasteiger partial charge in [-0.3, -0.25) is 18.6 Å². The van der Waals surface area contributed by atoms with Gasteiger partial charge >= 0.3 is 19.8 Å². The lowest BCUT2D eigenvalue weighted by Gasteiger charge is -2.24. The molecule has 0 saturated heterocycles. The van der Waals surface area contributed by atoms with Crippen LogP contribution in [-0.2, 0) is 32.7 Å². The Morgan fingerprint density at radius 2 is 1.21 bits per heavy atom. The molecule has 0 bridgehead atoms. The van der Waals surface area contributed by atoms with Crippen LogP contribution in [0, 0.1) is 0 Å². The molecule has 12 heteroatoms. The highest BCUT2D eigenvalue weighted by Gasteiger charge is 2.27. The second-order valence-electron chi connectivity index (χ2n) is 16.4. The van der Waals surface area contributed by atoms with Crippen molar-refractivity contribution in [1.29, 1.82) is 0 Å². The smallest absolute Gasteiger partial charge is 0.462 e. The Morgan fingerprint density at radius 3 is 1.87 bits per heavy atom. The van der Waals surface area contributed by atoms with Crippen molar-refractivity contribution in [2.45, 2.75) is 161 Å². The fourth-order valence-electron chi connectivity index (χ4n) is 5.61. The minimum absolute atomic E-state index is 0.0132. The molecule has 0 amide bonds. The number of aliphatic hydroxyl groups excluding tert-OH is 2. The largest absolute Gasteiger partial charge is 0.472 e. The van der Waals surface area contributed by atoms with Crippen molar-refractivity contribution in [2.75, 3.05) is 47.5 Å². The highest BCUT2D eigenvalue weighted by Crippen LogP contribution is 2.43. The molecule has 0 heterocycles. The zero-order valence-electron chi connectivity index (χ0n) is 39.0. The minimum atomic E-state index is -4.44. The minimum Gasteiger partial charge on any atom is -0.462 e. The number of hydrogen-bond acceptors (Lipinski definition) is 9. The quantitative estimate of drug-likeness (QED) is 0.0136. The van der Waals surface area contributed by atoms with E-state index in [9.17, 15) is 29.3 Å². The monoisotopic (exact) mass is 891 g/mol. The van der Waals surface area contributed by atoms with Crippen LogP contribution >= 0.6 is 7.82 Å². The second kappa shape index (κ2) is 40.6. The SMILES string of the molecule is CC/C=C\C[C@H](O)/C=C/C=C\C/C=C\C=C\[C@H](O)/C=C\CCCC(=O)O[C@H](COC(=O)CCCCCCCCC/C=C\C/C=C\CCCCC)COP(=O)(O)OCC[N+](C)(C)C. The molecule has 0 rings (SSSR count). The number of allylic oxidation sites excluding steroid dienone is 12. The van der Waals surface area contributed by atoms with Crippen LogP contribution in [0.25, 0.3) is 0 Å². The number of rotatable bonds is 40. The number of phosphoric ester groups is 1. The van der Waals surface area contributed by atoms with Gasteiger partial charge in [-0.25, -0.2) is 4.57 Å². The molecule has 62 heavy (non-hydrogen) atoms. The standard InChI is InChI=1S/C50H84NO10P/c1-6-8-10-11-12-13-14-15-16-17-18-19-20-21-25-28-34-40-49(54)58-44-48(45-60-62(56,57)59-43-42-51(3,4)5)61-50(55)41-35-29-33-39-47(53)38-32-27-24-22-23-26-31-37-46(52)36-30-9-7-2/h9,12-13,15-16,23-24,26-27,30-33,37-39,46-48,52-53H,6-8,10-11,14,17-22,25,28-29,34-36,40-45H2,1-5H3/p+1/b13-12-,16-15-,26-23-,27-24-,30-9-,37-31+,38-32+,39-33-/t46-,47-,48+/m0/s1. The number of likely N-dealkylation sites (N-methyl/N-ethyl adjacent to an activating group) is 1. The molecule has 0 aliphatic carbocycles. The predicted molar refractivity (Wildman–Crippen MR) is 254 cm³/mol. The molecule has 0 saturated carbocycles. The van der Waals surface area contributed by atoms with Crippen molar-refractivity contribution < 1.29 is 52.3 Å². The number of phosphoric acid groups is 1. The maximum atomic E-state index is 12.7. The molecular weight excluding hydrogens is 806 g/mol. The Hall–Kier alpha value is -3.15. The molecule has 1 unspecified atom stereocenters. The molecule has 0 radical (unpaired) electrons. The molecule has 0 aliphatic rings. The lowest BCUT2D eigenvalue weighted by Crippen LogP contribution is -2.37. The number of unbranched alkanes of at least 4 members (excludes halogenated alkanes) is 11. The fraction of sp³-hybridized carbons (Fsp3) is 0.640. The van der Waals surface area contributed by atoms with Gasteiger partial charge in [0.2, 0.25) is 0 Å². The van der Waals surface area contributed by atoms with Gasteiger partial charge in [-0.1, -0.05) is 156 Å². The first-order chi connectivity index (χ1) is 29.8. The van der Waals surface area contributed by atoms with E-state index in [1.54, 1.807) is 30.4 Å². The van der Waals surface area contributed by atoms with E-state index in [0.717, 1.165) is 38.5 Å². The molecule has 3 N–H and O–H groups in total. The summed E-state index contributed by atoms with van der Waals surface area (Å²) in [5, 5.41) is 20.1. The summed E-state index contributed by atoms with van der Waals surface area (Å²) >= 11 is 0. The predicted octanol–water partition coefficient (Wildman–Crippen LogP) is 11.3. The average Bonchev–Trinajstić information content (AvgIpc) is 3.21. The van der Waals surface area contributed by atoms with Crippen LogP contribution < -0.4 is 0 Å². The van der Waals surface area contributed by atoms with Gasteiger partial charge in [0.1, 0.15) is 19.8 Å². The van der Waals surface area contributed by atoms with Crippen LogP contribution in [0.5, 0.6) is 0 Å². The summed E-state index contributed by atoms with van der Waals surface area (Å²) in [6, 6.07) is 0. The lowest BCUT2D eigenvalue weighted by molar-refractivity contribution is -0.870. The van der Waals surface area contributed by atoms with E-state index in [1.165, 1.54) is 44.9 Å². The topological polar surface area (TPSA) is 149 Å². The molecule has 0 fully saturated rings. The molecule has 0 spiro atoms. The first-order valence-electron chi connectivity index (χ1n) is 23.2. The second-order valence-corrected chi connectivity index (χ2v) is 17.9. The number of aliphatic hydroxyl groups is 2. The van der Waals surface area contributed by atoms with Gasteiger partial charge in [0, 0.05) is 12.8 Å². The van der Waals surface area contributed by atoms with Crippen molar-refractivity contribution in [3.8, 4) is 0 Å². The summed E-state index contributed by atoms with van der Waals surface area (Å²) in [7, 11) is 1.32. The number of ether oxygens (including phenoxy) is 2. The van der Waals surface area contributed by atoms with Crippen LogP contribution in [0.15, 0.2) is 97.2 Å². The van der Waals surface area contributed by atoms with Crippen LogP contribution in [-0.4, -0.2) is 97.3 Å².